The van der Waals surface area contributed by atoms with Crippen molar-refractivity contribution in [3.8, 4) is 10.4 Å². The van der Waals surface area contributed by atoms with E-state index in [1.54, 1.807) is 11.3 Å². The van der Waals surface area contributed by atoms with E-state index in [4.69, 9.17) is 5.73 Å². The summed E-state index contributed by atoms with van der Waals surface area (Å²) < 4.78 is 0. The predicted molar refractivity (Wildman–Crippen MR) is 68.6 cm³/mol. The molecule has 16 heavy (non-hydrogen) atoms. The Morgan fingerprint density at radius 2 is 2.19 bits per heavy atom. The molecule has 0 radical (unpaired) electrons. The van der Waals surface area contributed by atoms with Crippen LogP contribution in [0.25, 0.3) is 21.3 Å². The van der Waals surface area contributed by atoms with Crippen LogP contribution in [0.4, 0.5) is 5.82 Å². The summed E-state index contributed by atoms with van der Waals surface area (Å²) in [5.41, 5.74) is 9.21. The van der Waals surface area contributed by atoms with Crippen LogP contribution in [0.3, 0.4) is 0 Å². The van der Waals surface area contributed by atoms with Crippen molar-refractivity contribution in [2.75, 3.05) is 5.73 Å². The summed E-state index contributed by atoms with van der Waals surface area (Å²) in [7, 11) is 0. The SMILES string of the molecule is Cc1csc(-c2ccc3c(N)n[nH]c3c2)c1. The molecule has 0 unspecified atom stereocenters. The monoisotopic (exact) mass is 229 g/mol. The standard InChI is InChI=1S/C12H11N3S/c1-7-4-11(16-6-7)8-2-3-9-10(5-8)14-15-12(9)13/h2-6H,1H3,(H3,13,14,15). The van der Waals surface area contributed by atoms with Gasteiger partial charge >= 0.3 is 0 Å². The van der Waals surface area contributed by atoms with Gasteiger partial charge < -0.3 is 5.73 Å². The fourth-order valence-electron chi connectivity index (χ4n) is 1.78. The second kappa shape index (κ2) is 3.35. The van der Waals surface area contributed by atoms with Gasteiger partial charge in [-0.2, -0.15) is 5.10 Å². The van der Waals surface area contributed by atoms with Gasteiger partial charge in [-0.05, 0) is 41.6 Å². The average molecular weight is 229 g/mol. The first kappa shape index (κ1) is 9.42. The summed E-state index contributed by atoms with van der Waals surface area (Å²) in [4.78, 5) is 1.27. The number of nitrogens with zero attached hydrogens (tertiary/aromatic N) is 1. The molecule has 0 fully saturated rings. The molecule has 0 aliphatic heterocycles. The minimum atomic E-state index is 0.559. The van der Waals surface area contributed by atoms with E-state index in [1.807, 2.05) is 6.07 Å². The van der Waals surface area contributed by atoms with E-state index in [0.717, 1.165) is 10.9 Å². The second-order valence-electron chi connectivity index (χ2n) is 3.86. The van der Waals surface area contributed by atoms with Crippen molar-refractivity contribution in [1.29, 1.82) is 0 Å². The zero-order chi connectivity index (χ0) is 11.1. The Morgan fingerprint density at radius 1 is 1.31 bits per heavy atom. The number of nitrogen functional groups attached to an aromatic ring is 1. The number of hydrogen-bond acceptors (Lipinski definition) is 3. The van der Waals surface area contributed by atoms with E-state index in [1.165, 1.54) is 16.0 Å². The molecule has 2 aromatic heterocycles. The van der Waals surface area contributed by atoms with Crippen molar-refractivity contribution < 1.29 is 0 Å². The van der Waals surface area contributed by atoms with Crippen molar-refractivity contribution in [3.05, 3.63) is 35.2 Å². The Bertz CT molecular complexity index is 651. The molecule has 3 N–H and O–H groups in total. The molecule has 3 aromatic rings. The molecule has 0 saturated carbocycles. The number of anilines is 1. The minimum absolute atomic E-state index is 0.559. The van der Waals surface area contributed by atoms with E-state index in [-0.39, 0.29) is 0 Å². The van der Waals surface area contributed by atoms with Crippen LogP contribution >= 0.6 is 11.3 Å². The fraction of sp³-hybridized carbons (Fsp3) is 0.0833. The number of benzene rings is 1. The van der Waals surface area contributed by atoms with Crippen molar-refractivity contribution in [3.63, 3.8) is 0 Å². The molecule has 0 saturated heterocycles. The third kappa shape index (κ3) is 1.39. The number of rotatable bonds is 1. The second-order valence-corrected chi connectivity index (χ2v) is 4.77. The number of nitrogens with two attached hydrogens (primary N) is 1. The molecule has 0 spiro atoms. The summed E-state index contributed by atoms with van der Waals surface area (Å²) >= 11 is 1.75. The predicted octanol–water partition coefficient (Wildman–Crippen LogP) is 3.18. The molecule has 3 rings (SSSR count). The van der Waals surface area contributed by atoms with Gasteiger partial charge in [-0.1, -0.05) is 6.07 Å². The third-order valence-corrected chi connectivity index (χ3v) is 3.70. The lowest BCUT2D eigenvalue weighted by molar-refractivity contribution is 1.13. The van der Waals surface area contributed by atoms with Crippen molar-refractivity contribution in [1.82, 2.24) is 10.2 Å². The summed E-state index contributed by atoms with van der Waals surface area (Å²) in [6.45, 7) is 2.10. The molecule has 1 aromatic carbocycles. The first-order valence-corrected chi connectivity index (χ1v) is 5.91. The minimum Gasteiger partial charge on any atom is -0.382 e. The van der Waals surface area contributed by atoms with E-state index < -0.39 is 0 Å². The summed E-state index contributed by atoms with van der Waals surface area (Å²) in [5.74, 6) is 0.559. The number of H-pyrrole nitrogens is 1. The lowest BCUT2D eigenvalue weighted by Gasteiger charge is -1.97. The van der Waals surface area contributed by atoms with Crippen LogP contribution in [0.2, 0.25) is 0 Å². The third-order valence-electron chi connectivity index (χ3n) is 2.61. The highest BCUT2D eigenvalue weighted by Gasteiger charge is 2.05. The zero-order valence-electron chi connectivity index (χ0n) is 8.82. The molecule has 0 aliphatic rings. The largest absolute Gasteiger partial charge is 0.382 e. The quantitative estimate of drug-likeness (QED) is 0.673. The van der Waals surface area contributed by atoms with Gasteiger partial charge in [-0.25, -0.2) is 0 Å². The maximum Gasteiger partial charge on any atom is 0.153 e. The molecule has 0 atom stereocenters. The van der Waals surface area contributed by atoms with Crippen LogP contribution in [0, 0.1) is 6.92 Å². The van der Waals surface area contributed by atoms with Crippen LogP contribution in [0.5, 0.6) is 0 Å². The average Bonchev–Trinajstić information content (AvgIpc) is 2.86. The van der Waals surface area contributed by atoms with Crippen LogP contribution < -0.4 is 5.73 Å². The number of thiophene rings is 1. The van der Waals surface area contributed by atoms with Gasteiger partial charge in [-0.3, -0.25) is 5.10 Å². The number of nitrogens with one attached hydrogen (secondary N) is 1. The number of hydrogen-bond donors (Lipinski definition) is 2. The summed E-state index contributed by atoms with van der Waals surface area (Å²) in [6.07, 6.45) is 0. The van der Waals surface area contributed by atoms with Crippen molar-refractivity contribution in [2.24, 2.45) is 0 Å². The Morgan fingerprint density at radius 3 is 2.94 bits per heavy atom. The first-order valence-electron chi connectivity index (χ1n) is 5.03. The molecule has 0 bridgehead atoms. The molecule has 80 valence electrons. The molecule has 2 heterocycles. The van der Waals surface area contributed by atoms with Gasteiger partial charge in [0.2, 0.25) is 0 Å². The first-order chi connectivity index (χ1) is 7.74. The maximum atomic E-state index is 5.73. The lowest BCUT2D eigenvalue weighted by Crippen LogP contribution is -1.83. The molecule has 0 aliphatic carbocycles. The van der Waals surface area contributed by atoms with E-state index in [0.29, 0.717) is 5.82 Å². The van der Waals surface area contributed by atoms with Crippen molar-refractivity contribution in [2.45, 2.75) is 6.92 Å². The normalized spacial score (nSPS) is 11.1. The Balaban J connectivity index is 2.18. The van der Waals surface area contributed by atoms with Crippen LogP contribution in [-0.2, 0) is 0 Å². The highest BCUT2D eigenvalue weighted by Crippen LogP contribution is 2.30. The van der Waals surface area contributed by atoms with Crippen LogP contribution in [0.1, 0.15) is 5.56 Å². The van der Waals surface area contributed by atoms with E-state index in [2.05, 4.69) is 40.7 Å². The Hall–Kier alpha value is -1.81. The number of fused-ring (bicyclic) bond motifs is 1. The molecule has 4 heteroatoms. The highest BCUT2D eigenvalue weighted by atomic mass is 32.1. The molecule has 0 amide bonds. The summed E-state index contributed by atoms with van der Waals surface area (Å²) in [6, 6.07) is 8.37. The van der Waals surface area contributed by atoms with Gasteiger partial charge in [0.15, 0.2) is 5.82 Å². The topological polar surface area (TPSA) is 54.7 Å². The molecular weight excluding hydrogens is 218 g/mol. The van der Waals surface area contributed by atoms with Gasteiger partial charge in [0.25, 0.3) is 0 Å². The zero-order valence-corrected chi connectivity index (χ0v) is 9.64. The smallest absolute Gasteiger partial charge is 0.153 e. The van der Waals surface area contributed by atoms with Gasteiger partial charge in [0.1, 0.15) is 0 Å². The van der Waals surface area contributed by atoms with Crippen LogP contribution in [0.15, 0.2) is 29.6 Å². The Labute approximate surface area is 96.9 Å². The number of aryl methyl sites for hydroxylation is 1. The van der Waals surface area contributed by atoms with E-state index in [9.17, 15) is 0 Å². The Kier molecular flexibility index (Phi) is 1.97. The van der Waals surface area contributed by atoms with Gasteiger partial charge in [0.05, 0.1) is 5.52 Å². The summed E-state index contributed by atoms with van der Waals surface area (Å²) in [5, 5.41) is 10.1. The van der Waals surface area contributed by atoms with Crippen molar-refractivity contribution >= 4 is 28.1 Å². The van der Waals surface area contributed by atoms with Crippen LogP contribution in [-0.4, -0.2) is 10.2 Å². The number of aromatic nitrogens is 2. The maximum absolute atomic E-state index is 5.73. The highest BCUT2D eigenvalue weighted by molar-refractivity contribution is 7.13. The van der Waals surface area contributed by atoms with E-state index >= 15 is 0 Å². The van der Waals surface area contributed by atoms with Gasteiger partial charge in [0, 0.05) is 10.3 Å². The lowest BCUT2D eigenvalue weighted by atomic mass is 10.1. The molecule has 3 nitrogen and oxygen atoms in total. The fourth-order valence-corrected chi connectivity index (χ4v) is 2.67. The number of aromatic amines is 1. The molecular formula is C12H11N3S. The van der Waals surface area contributed by atoms with Gasteiger partial charge in [-0.15, -0.1) is 11.3 Å².